The molecule has 1 heterocycles. The van der Waals surface area contributed by atoms with Gasteiger partial charge in [0.2, 0.25) is 0 Å². The highest BCUT2D eigenvalue weighted by Crippen LogP contribution is 2.35. The molecule has 1 aromatic heterocycles. The third kappa shape index (κ3) is 4.25. The Bertz CT molecular complexity index is 1070. The second kappa shape index (κ2) is 8.79. The van der Waals surface area contributed by atoms with Gasteiger partial charge < -0.3 is 4.74 Å². The second-order valence-corrected chi connectivity index (χ2v) is 6.49. The van der Waals surface area contributed by atoms with Gasteiger partial charge in [0, 0.05) is 23.3 Å². The number of hydrogen-bond acceptors (Lipinski definition) is 6. The first-order valence-electron chi connectivity index (χ1n) is 9.04. The Hall–Kier alpha value is -3.32. The number of ether oxygens (including phenoxy) is 1. The van der Waals surface area contributed by atoms with Crippen molar-refractivity contribution in [1.29, 1.82) is 0 Å². The number of aromatic nitrogens is 2. The predicted molar refractivity (Wildman–Crippen MR) is 110 cm³/mol. The zero-order chi connectivity index (χ0) is 21.0. The van der Waals surface area contributed by atoms with Crippen LogP contribution in [0.5, 0.6) is 0 Å². The maximum absolute atomic E-state index is 12.7. The molecule has 0 atom stereocenters. The normalized spacial score (nSPS) is 10.6. The smallest absolute Gasteiger partial charge is 0.342 e. The molecule has 0 amide bonds. The molecule has 3 rings (SSSR count). The molecular weight excluding hydrogens is 394 g/mol. The van der Waals surface area contributed by atoms with E-state index in [1.54, 1.807) is 6.92 Å². The van der Waals surface area contributed by atoms with Crippen LogP contribution in [0.1, 0.15) is 29.9 Å². The first-order valence-corrected chi connectivity index (χ1v) is 9.41. The Kier molecular flexibility index (Phi) is 6.19. The van der Waals surface area contributed by atoms with Crippen LogP contribution in [0.15, 0.2) is 48.5 Å². The van der Waals surface area contributed by atoms with Gasteiger partial charge in [-0.05, 0) is 19.4 Å². The van der Waals surface area contributed by atoms with E-state index in [4.69, 9.17) is 16.3 Å². The minimum absolute atomic E-state index is 0.155. The zero-order valence-corrected chi connectivity index (χ0v) is 16.6. The van der Waals surface area contributed by atoms with E-state index in [1.165, 1.54) is 18.2 Å². The monoisotopic (exact) mass is 411 g/mol. The standard InChI is InChI=1S/C21H18ClN3O4/c1-3-17-18(21(26)29-4-2)19(15-12-14(25(27)28)10-11-16(15)22)24-20(23-17)13-8-6-5-7-9-13/h5-12H,3-4H2,1-2H3. The van der Waals surface area contributed by atoms with Gasteiger partial charge in [-0.3, -0.25) is 10.1 Å². The number of carbonyl (C=O) groups is 1. The summed E-state index contributed by atoms with van der Waals surface area (Å²) in [4.78, 5) is 32.6. The fourth-order valence-electron chi connectivity index (χ4n) is 2.90. The van der Waals surface area contributed by atoms with Gasteiger partial charge in [-0.1, -0.05) is 48.9 Å². The minimum Gasteiger partial charge on any atom is -0.462 e. The zero-order valence-electron chi connectivity index (χ0n) is 15.9. The summed E-state index contributed by atoms with van der Waals surface area (Å²) in [5.74, 6) is -0.199. The number of nitro groups is 1. The van der Waals surface area contributed by atoms with E-state index in [1.807, 2.05) is 37.3 Å². The highest BCUT2D eigenvalue weighted by molar-refractivity contribution is 6.33. The summed E-state index contributed by atoms with van der Waals surface area (Å²) in [6.45, 7) is 3.73. The summed E-state index contributed by atoms with van der Waals surface area (Å²) < 4.78 is 5.20. The van der Waals surface area contributed by atoms with Crippen molar-refractivity contribution in [2.45, 2.75) is 20.3 Å². The van der Waals surface area contributed by atoms with E-state index in [9.17, 15) is 14.9 Å². The third-order valence-corrected chi connectivity index (χ3v) is 4.58. The van der Waals surface area contributed by atoms with Crippen molar-refractivity contribution in [2.75, 3.05) is 6.61 Å². The molecule has 0 radical (unpaired) electrons. The van der Waals surface area contributed by atoms with Crippen molar-refractivity contribution in [3.63, 3.8) is 0 Å². The summed E-state index contributed by atoms with van der Waals surface area (Å²) in [5, 5.41) is 11.5. The SMILES string of the molecule is CCOC(=O)c1c(CC)nc(-c2ccccc2)nc1-c1cc([N+](=O)[O-])ccc1Cl. The Balaban J connectivity index is 2.34. The molecule has 0 saturated heterocycles. The summed E-state index contributed by atoms with van der Waals surface area (Å²) in [6, 6.07) is 13.3. The van der Waals surface area contributed by atoms with Gasteiger partial charge in [-0.15, -0.1) is 0 Å². The van der Waals surface area contributed by atoms with E-state index in [0.717, 1.165) is 5.56 Å². The molecule has 3 aromatic rings. The van der Waals surface area contributed by atoms with Crippen molar-refractivity contribution in [3.05, 3.63) is 74.9 Å². The number of esters is 1. The number of non-ortho nitro benzene ring substituents is 1. The number of benzene rings is 2. The number of nitrogens with zero attached hydrogens (tertiary/aromatic N) is 3. The van der Waals surface area contributed by atoms with Crippen molar-refractivity contribution < 1.29 is 14.5 Å². The number of hydrogen-bond donors (Lipinski definition) is 0. The highest BCUT2D eigenvalue weighted by atomic mass is 35.5. The molecular formula is C21H18ClN3O4. The highest BCUT2D eigenvalue weighted by Gasteiger charge is 2.25. The van der Waals surface area contributed by atoms with Crippen molar-refractivity contribution >= 4 is 23.3 Å². The van der Waals surface area contributed by atoms with Crippen LogP contribution in [0.3, 0.4) is 0 Å². The molecule has 0 aliphatic rings. The molecule has 0 bridgehead atoms. The molecule has 0 spiro atoms. The molecule has 29 heavy (non-hydrogen) atoms. The summed E-state index contributed by atoms with van der Waals surface area (Å²) in [5.41, 5.74) is 1.73. The van der Waals surface area contributed by atoms with Crippen molar-refractivity contribution in [1.82, 2.24) is 9.97 Å². The lowest BCUT2D eigenvalue weighted by atomic mass is 10.0. The third-order valence-electron chi connectivity index (χ3n) is 4.25. The van der Waals surface area contributed by atoms with E-state index < -0.39 is 10.9 Å². The average molecular weight is 412 g/mol. The largest absolute Gasteiger partial charge is 0.462 e. The van der Waals surface area contributed by atoms with Crippen LogP contribution in [-0.2, 0) is 11.2 Å². The second-order valence-electron chi connectivity index (χ2n) is 6.08. The summed E-state index contributed by atoms with van der Waals surface area (Å²) in [6.07, 6.45) is 0.441. The topological polar surface area (TPSA) is 95.2 Å². The van der Waals surface area contributed by atoms with Gasteiger partial charge in [-0.25, -0.2) is 14.8 Å². The van der Waals surface area contributed by atoms with Crippen LogP contribution < -0.4 is 0 Å². The molecule has 0 unspecified atom stereocenters. The average Bonchev–Trinajstić information content (AvgIpc) is 2.73. The Morgan fingerprint density at radius 2 is 1.86 bits per heavy atom. The van der Waals surface area contributed by atoms with Gasteiger partial charge in [0.05, 0.1) is 27.9 Å². The van der Waals surface area contributed by atoms with E-state index in [-0.39, 0.29) is 34.1 Å². The van der Waals surface area contributed by atoms with Crippen LogP contribution in [0.25, 0.3) is 22.6 Å². The summed E-state index contributed by atoms with van der Waals surface area (Å²) in [7, 11) is 0. The Morgan fingerprint density at radius 3 is 2.48 bits per heavy atom. The van der Waals surface area contributed by atoms with E-state index >= 15 is 0 Å². The summed E-state index contributed by atoms with van der Waals surface area (Å²) >= 11 is 6.35. The molecule has 2 aromatic carbocycles. The van der Waals surface area contributed by atoms with Gasteiger partial charge in [0.15, 0.2) is 5.82 Å². The van der Waals surface area contributed by atoms with Crippen molar-refractivity contribution in [3.8, 4) is 22.6 Å². The van der Waals surface area contributed by atoms with Crippen LogP contribution >= 0.6 is 11.6 Å². The maximum Gasteiger partial charge on any atom is 0.342 e. The molecule has 0 saturated carbocycles. The predicted octanol–water partition coefficient (Wildman–Crippen LogP) is 5.11. The Labute approximate surface area is 172 Å². The van der Waals surface area contributed by atoms with Gasteiger partial charge in [0.1, 0.15) is 5.56 Å². The minimum atomic E-state index is -0.596. The fourth-order valence-corrected chi connectivity index (χ4v) is 3.11. The quantitative estimate of drug-likeness (QED) is 0.317. The van der Waals surface area contributed by atoms with E-state index in [0.29, 0.717) is 17.9 Å². The molecule has 0 aliphatic heterocycles. The fraction of sp³-hybridized carbons (Fsp3) is 0.190. The molecule has 0 fully saturated rings. The number of carbonyl (C=O) groups excluding carboxylic acids is 1. The maximum atomic E-state index is 12.7. The Morgan fingerprint density at radius 1 is 1.14 bits per heavy atom. The van der Waals surface area contributed by atoms with Gasteiger partial charge in [0.25, 0.3) is 5.69 Å². The number of aryl methyl sites for hydroxylation is 1. The first kappa shape index (κ1) is 20.4. The van der Waals surface area contributed by atoms with Crippen LogP contribution in [0.2, 0.25) is 5.02 Å². The number of halogens is 1. The first-order chi connectivity index (χ1) is 14.0. The lowest BCUT2D eigenvalue weighted by Crippen LogP contribution is -2.14. The van der Waals surface area contributed by atoms with E-state index in [2.05, 4.69) is 9.97 Å². The van der Waals surface area contributed by atoms with Crippen molar-refractivity contribution in [2.24, 2.45) is 0 Å². The van der Waals surface area contributed by atoms with Crippen LogP contribution in [0.4, 0.5) is 5.69 Å². The molecule has 0 aliphatic carbocycles. The van der Waals surface area contributed by atoms with Gasteiger partial charge in [-0.2, -0.15) is 0 Å². The van der Waals surface area contributed by atoms with Crippen LogP contribution in [-0.4, -0.2) is 27.5 Å². The lowest BCUT2D eigenvalue weighted by molar-refractivity contribution is -0.384. The molecule has 8 heteroatoms. The van der Waals surface area contributed by atoms with Crippen LogP contribution in [0, 0.1) is 10.1 Å². The molecule has 148 valence electrons. The molecule has 7 nitrogen and oxygen atoms in total. The molecule has 0 N–H and O–H groups in total. The lowest BCUT2D eigenvalue weighted by Gasteiger charge is -2.15. The number of rotatable bonds is 6. The number of nitro benzene ring substituents is 1. The van der Waals surface area contributed by atoms with Gasteiger partial charge >= 0.3 is 5.97 Å².